The van der Waals surface area contributed by atoms with Crippen molar-refractivity contribution in [1.82, 2.24) is 0 Å². The number of amides is 1. The number of sulfonamides is 1. The van der Waals surface area contributed by atoms with Gasteiger partial charge < -0.3 is 5.32 Å². The molecule has 1 heterocycles. The highest BCUT2D eigenvalue weighted by Crippen LogP contribution is 2.38. The van der Waals surface area contributed by atoms with Gasteiger partial charge in [-0.15, -0.1) is 11.3 Å². The van der Waals surface area contributed by atoms with E-state index in [-0.39, 0.29) is 9.77 Å². The second-order valence-corrected chi connectivity index (χ2v) is 10.8. The van der Waals surface area contributed by atoms with Gasteiger partial charge in [-0.2, -0.15) is 0 Å². The molecule has 0 spiro atoms. The van der Waals surface area contributed by atoms with Crippen molar-refractivity contribution in [1.29, 1.82) is 0 Å². The molecule has 0 fully saturated rings. The van der Waals surface area contributed by atoms with Crippen molar-refractivity contribution in [2.24, 2.45) is 0 Å². The number of anilines is 2. The average molecular weight is 491 g/mol. The summed E-state index contributed by atoms with van der Waals surface area (Å²) in [6.07, 6.45) is 0.864. The Morgan fingerprint density at radius 2 is 1.59 bits per heavy atom. The molecule has 0 unspecified atom stereocenters. The Labute approximate surface area is 204 Å². The standard InChI is InChI=1S/C27H26N2O3S2/c1-4-20-12-16-23(17-13-20)29(3)34(31,32)26-24(21-8-6-5-7-9-21)18-33-25(26)27(30)28-22-14-10-19(2)11-15-22/h5-18H,4H2,1-3H3,(H,28,30). The predicted molar refractivity (Wildman–Crippen MR) is 140 cm³/mol. The zero-order chi connectivity index (χ0) is 24.3. The summed E-state index contributed by atoms with van der Waals surface area (Å²) < 4.78 is 29.1. The van der Waals surface area contributed by atoms with E-state index in [2.05, 4.69) is 5.32 Å². The van der Waals surface area contributed by atoms with Crippen LogP contribution in [0.25, 0.3) is 11.1 Å². The molecular weight excluding hydrogens is 464 g/mol. The molecule has 4 rings (SSSR count). The van der Waals surface area contributed by atoms with Crippen LogP contribution >= 0.6 is 11.3 Å². The van der Waals surface area contributed by atoms with E-state index in [0.29, 0.717) is 16.9 Å². The number of rotatable bonds is 7. The second kappa shape index (κ2) is 9.83. The monoisotopic (exact) mass is 490 g/mol. The first kappa shape index (κ1) is 23.7. The third-order valence-corrected chi connectivity index (χ3v) is 8.65. The van der Waals surface area contributed by atoms with Crippen molar-refractivity contribution in [3.8, 4) is 11.1 Å². The summed E-state index contributed by atoms with van der Waals surface area (Å²) in [4.78, 5) is 13.4. The van der Waals surface area contributed by atoms with Gasteiger partial charge in [-0.25, -0.2) is 8.42 Å². The van der Waals surface area contributed by atoms with Crippen LogP contribution in [-0.2, 0) is 16.4 Å². The van der Waals surface area contributed by atoms with E-state index >= 15 is 0 Å². The Bertz CT molecular complexity index is 1390. The first-order valence-electron chi connectivity index (χ1n) is 10.9. The van der Waals surface area contributed by atoms with Gasteiger partial charge >= 0.3 is 0 Å². The van der Waals surface area contributed by atoms with Gasteiger partial charge in [0, 0.05) is 23.7 Å². The van der Waals surface area contributed by atoms with Crippen molar-refractivity contribution in [3.63, 3.8) is 0 Å². The molecule has 174 valence electrons. The highest BCUT2D eigenvalue weighted by molar-refractivity contribution is 7.93. The molecule has 34 heavy (non-hydrogen) atoms. The number of nitrogens with one attached hydrogen (secondary N) is 1. The zero-order valence-electron chi connectivity index (χ0n) is 19.3. The normalized spacial score (nSPS) is 11.3. The molecule has 0 aliphatic carbocycles. The van der Waals surface area contributed by atoms with Gasteiger partial charge in [-0.05, 0) is 48.7 Å². The molecule has 3 aromatic carbocycles. The van der Waals surface area contributed by atoms with E-state index in [4.69, 9.17) is 0 Å². The van der Waals surface area contributed by atoms with E-state index in [1.807, 2.05) is 68.4 Å². The predicted octanol–water partition coefficient (Wildman–Crippen LogP) is 6.36. The lowest BCUT2D eigenvalue weighted by Crippen LogP contribution is -2.28. The summed E-state index contributed by atoms with van der Waals surface area (Å²) in [5, 5.41) is 4.58. The molecule has 4 aromatic rings. The van der Waals surface area contributed by atoms with E-state index in [1.54, 1.807) is 29.6 Å². The summed E-state index contributed by atoms with van der Waals surface area (Å²) in [6, 6.07) is 24.1. The Morgan fingerprint density at radius 3 is 2.21 bits per heavy atom. The molecule has 0 bridgehead atoms. The molecule has 0 atom stereocenters. The Morgan fingerprint density at radius 1 is 0.941 bits per heavy atom. The van der Waals surface area contributed by atoms with Crippen molar-refractivity contribution >= 4 is 38.6 Å². The van der Waals surface area contributed by atoms with Gasteiger partial charge in [-0.3, -0.25) is 9.10 Å². The quantitative estimate of drug-likeness (QED) is 0.328. The maximum atomic E-state index is 13.9. The van der Waals surface area contributed by atoms with Gasteiger partial charge in [0.1, 0.15) is 9.77 Å². The van der Waals surface area contributed by atoms with Crippen molar-refractivity contribution < 1.29 is 13.2 Å². The fraction of sp³-hybridized carbons (Fsp3) is 0.148. The summed E-state index contributed by atoms with van der Waals surface area (Å²) in [5.74, 6) is -0.454. The molecule has 1 N–H and O–H groups in total. The van der Waals surface area contributed by atoms with Crippen molar-refractivity contribution in [3.05, 3.63) is 100 Å². The third-order valence-electron chi connectivity index (χ3n) is 5.67. The SMILES string of the molecule is CCc1ccc(N(C)S(=O)(=O)c2c(-c3ccccc3)csc2C(=O)Nc2ccc(C)cc2)cc1. The number of aryl methyl sites for hydroxylation is 2. The lowest BCUT2D eigenvalue weighted by atomic mass is 10.1. The van der Waals surface area contributed by atoms with Gasteiger partial charge in [0.2, 0.25) is 0 Å². The summed E-state index contributed by atoms with van der Waals surface area (Å²) in [6.45, 7) is 4.01. The number of benzene rings is 3. The van der Waals surface area contributed by atoms with Crippen LogP contribution < -0.4 is 9.62 Å². The minimum atomic E-state index is -4.04. The summed E-state index contributed by atoms with van der Waals surface area (Å²) in [7, 11) is -2.52. The maximum Gasteiger partial charge on any atom is 0.267 e. The zero-order valence-corrected chi connectivity index (χ0v) is 20.9. The molecule has 1 aromatic heterocycles. The minimum absolute atomic E-state index is 0.00961. The van der Waals surface area contributed by atoms with Gasteiger partial charge in [0.25, 0.3) is 15.9 Å². The first-order valence-corrected chi connectivity index (χ1v) is 13.3. The number of thiophene rings is 1. The van der Waals surface area contributed by atoms with Crippen molar-refractivity contribution in [2.75, 3.05) is 16.7 Å². The number of carbonyl (C=O) groups is 1. The Kier molecular flexibility index (Phi) is 6.86. The summed E-state index contributed by atoms with van der Waals surface area (Å²) >= 11 is 1.13. The maximum absolute atomic E-state index is 13.9. The molecule has 5 nitrogen and oxygen atoms in total. The van der Waals surface area contributed by atoms with E-state index in [9.17, 15) is 13.2 Å². The number of hydrogen-bond donors (Lipinski definition) is 1. The van der Waals surface area contributed by atoms with Crippen LogP contribution in [0.5, 0.6) is 0 Å². The Hall–Kier alpha value is -3.42. The topological polar surface area (TPSA) is 66.5 Å². The summed E-state index contributed by atoms with van der Waals surface area (Å²) in [5.41, 5.74) is 4.58. The fourth-order valence-corrected chi connectivity index (χ4v) is 6.47. The highest BCUT2D eigenvalue weighted by Gasteiger charge is 2.32. The molecule has 0 aliphatic rings. The highest BCUT2D eigenvalue weighted by atomic mass is 32.2. The lowest BCUT2D eigenvalue weighted by molar-refractivity contribution is 0.102. The molecular formula is C27H26N2O3S2. The van der Waals surface area contributed by atoms with Crippen LogP contribution in [0.3, 0.4) is 0 Å². The van der Waals surface area contributed by atoms with E-state index in [1.165, 1.54) is 11.4 Å². The second-order valence-electron chi connectivity index (χ2n) is 7.99. The fourth-order valence-electron chi connectivity index (χ4n) is 3.62. The van der Waals surface area contributed by atoms with Crippen LogP contribution in [0.1, 0.15) is 27.7 Å². The molecule has 0 aliphatic heterocycles. The minimum Gasteiger partial charge on any atom is -0.321 e. The van der Waals surface area contributed by atoms with Crippen molar-refractivity contribution in [2.45, 2.75) is 25.2 Å². The van der Waals surface area contributed by atoms with E-state index < -0.39 is 15.9 Å². The largest absolute Gasteiger partial charge is 0.321 e. The van der Waals surface area contributed by atoms with E-state index in [0.717, 1.165) is 34.4 Å². The van der Waals surface area contributed by atoms with Crippen LogP contribution in [0.15, 0.2) is 89.1 Å². The number of hydrogen-bond acceptors (Lipinski definition) is 4. The molecule has 1 amide bonds. The van der Waals surface area contributed by atoms with Gasteiger partial charge in [-0.1, -0.05) is 67.1 Å². The Balaban J connectivity index is 1.80. The molecule has 0 radical (unpaired) electrons. The molecule has 0 saturated carbocycles. The first-order chi connectivity index (χ1) is 16.3. The number of carbonyl (C=O) groups excluding carboxylic acids is 1. The van der Waals surface area contributed by atoms with Crippen LogP contribution in [0.4, 0.5) is 11.4 Å². The molecule has 7 heteroatoms. The van der Waals surface area contributed by atoms with Gasteiger partial charge in [0.05, 0.1) is 5.69 Å². The average Bonchev–Trinajstić information content (AvgIpc) is 3.32. The van der Waals surface area contributed by atoms with Gasteiger partial charge in [0.15, 0.2) is 0 Å². The third kappa shape index (κ3) is 4.76. The van der Waals surface area contributed by atoms with Crippen LogP contribution in [-0.4, -0.2) is 21.4 Å². The molecule has 0 saturated heterocycles. The lowest BCUT2D eigenvalue weighted by Gasteiger charge is -2.21. The number of nitrogens with zero attached hydrogens (tertiary/aromatic N) is 1. The smallest absolute Gasteiger partial charge is 0.267 e. The van der Waals surface area contributed by atoms with Crippen LogP contribution in [0, 0.1) is 6.92 Å². The van der Waals surface area contributed by atoms with Crippen LogP contribution in [0.2, 0.25) is 0 Å².